The average molecular weight is 263 g/mol. The third-order valence-corrected chi connectivity index (χ3v) is 2.72. The molecule has 0 bridgehead atoms. The Kier molecular flexibility index (Phi) is 6.60. The molecule has 0 aliphatic heterocycles. The van der Waals surface area contributed by atoms with Crippen molar-refractivity contribution in [3.63, 3.8) is 0 Å². The number of nitrogens with zero attached hydrogens (tertiary/aromatic N) is 1. The second kappa shape index (κ2) is 8.26. The van der Waals surface area contributed by atoms with Crippen molar-refractivity contribution in [2.24, 2.45) is 0 Å². The molecule has 0 unspecified atom stereocenters. The van der Waals surface area contributed by atoms with Gasteiger partial charge < -0.3 is 15.5 Å². The molecule has 2 N–H and O–H groups in total. The van der Waals surface area contributed by atoms with Gasteiger partial charge in [-0.3, -0.25) is 9.59 Å². The van der Waals surface area contributed by atoms with E-state index in [1.165, 1.54) is 0 Å². The fourth-order valence-electron chi connectivity index (χ4n) is 1.69. The van der Waals surface area contributed by atoms with Gasteiger partial charge in [-0.25, -0.2) is 0 Å². The number of amides is 2. The summed E-state index contributed by atoms with van der Waals surface area (Å²) < 4.78 is 0. The normalized spacial score (nSPS) is 10.0. The Morgan fingerprint density at radius 3 is 2.42 bits per heavy atom. The highest BCUT2D eigenvalue weighted by Crippen LogP contribution is 2.04. The van der Waals surface area contributed by atoms with Gasteiger partial charge in [0, 0.05) is 13.1 Å². The van der Waals surface area contributed by atoms with Crippen LogP contribution >= 0.6 is 0 Å². The van der Waals surface area contributed by atoms with Gasteiger partial charge >= 0.3 is 0 Å². The first-order valence-electron chi connectivity index (χ1n) is 6.40. The van der Waals surface area contributed by atoms with Gasteiger partial charge in [0.2, 0.25) is 11.8 Å². The molecular formula is C14H21N3O2. The van der Waals surface area contributed by atoms with E-state index in [-0.39, 0.29) is 24.9 Å². The van der Waals surface area contributed by atoms with Gasteiger partial charge in [-0.1, -0.05) is 30.3 Å². The van der Waals surface area contributed by atoms with Crippen molar-refractivity contribution < 1.29 is 9.59 Å². The van der Waals surface area contributed by atoms with Gasteiger partial charge in [0.1, 0.15) is 0 Å². The van der Waals surface area contributed by atoms with E-state index >= 15 is 0 Å². The van der Waals surface area contributed by atoms with Crippen LogP contribution in [0.1, 0.15) is 12.5 Å². The van der Waals surface area contributed by atoms with Crippen LogP contribution in [0.4, 0.5) is 0 Å². The van der Waals surface area contributed by atoms with Crippen LogP contribution in [-0.2, 0) is 16.1 Å². The Morgan fingerprint density at radius 1 is 1.16 bits per heavy atom. The van der Waals surface area contributed by atoms with Crippen molar-refractivity contribution in [3.8, 4) is 0 Å². The van der Waals surface area contributed by atoms with E-state index in [1.807, 2.05) is 37.3 Å². The highest BCUT2D eigenvalue weighted by Gasteiger charge is 2.12. The van der Waals surface area contributed by atoms with E-state index in [2.05, 4.69) is 10.6 Å². The smallest absolute Gasteiger partial charge is 0.242 e. The second-order valence-electron chi connectivity index (χ2n) is 4.20. The molecule has 0 fully saturated rings. The maximum Gasteiger partial charge on any atom is 0.242 e. The number of benzene rings is 1. The van der Waals surface area contributed by atoms with Gasteiger partial charge in [-0.05, 0) is 19.5 Å². The Bertz CT molecular complexity index is 406. The Labute approximate surface area is 114 Å². The topological polar surface area (TPSA) is 61.4 Å². The summed E-state index contributed by atoms with van der Waals surface area (Å²) in [6.45, 7) is 3.38. The summed E-state index contributed by atoms with van der Waals surface area (Å²) in [7, 11) is 1.69. The summed E-state index contributed by atoms with van der Waals surface area (Å²) in [5, 5.41) is 5.33. The maximum absolute atomic E-state index is 12.0. The van der Waals surface area contributed by atoms with Gasteiger partial charge in [0.25, 0.3) is 0 Å². The molecule has 19 heavy (non-hydrogen) atoms. The van der Waals surface area contributed by atoms with Crippen molar-refractivity contribution in [1.29, 1.82) is 0 Å². The average Bonchev–Trinajstić information content (AvgIpc) is 2.43. The van der Waals surface area contributed by atoms with Crippen LogP contribution in [-0.4, -0.2) is 43.4 Å². The van der Waals surface area contributed by atoms with Crippen LogP contribution in [0.5, 0.6) is 0 Å². The van der Waals surface area contributed by atoms with Gasteiger partial charge in [-0.15, -0.1) is 0 Å². The summed E-state index contributed by atoms with van der Waals surface area (Å²) in [6, 6.07) is 9.80. The highest BCUT2D eigenvalue weighted by atomic mass is 16.2. The summed E-state index contributed by atoms with van der Waals surface area (Å²) in [4.78, 5) is 25.0. The Morgan fingerprint density at radius 2 is 1.84 bits per heavy atom. The molecular weight excluding hydrogens is 242 g/mol. The quantitative estimate of drug-likeness (QED) is 0.747. The molecule has 0 spiro atoms. The highest BCUT2D eigenvalue weighted by molar-refractivity contribution is 5.85. The van der Waals surface area contributed by atoms with Crippen LogP contribution in [0.3, 0.4) is 0 Å². The predicted molar refractivity (Wildman–Crippen MR) is 74.5 cm³/mol. The molecule has 1 rings (SSSR count). The molecule has 0 radical (unpaired) electrons. The van der Waals surface area contributed by atoms with E-state index in [0.29, 0.717) is 13.1 Å². The number of hydrogen-bond donors (Lipinski definition) is 2. The zero-order valence-corrected chi connectivity index (χ0v) is 11.5. The van der Waals surface area contributed by atoms with Crippen LogP contribution in [0.25, 0.3) is 0 Å². The lowest BCUT2D eigenvalue weighted by atomic mass is 10.2. The molecule has 0 heterocycles. The first-order chi connectivity index (χ1) is 9.17. The Balaban J connectivity index is 2.46. The Hall–Kier alpha value is -1.88. The molecule has 1 aromatic carbocycles. The number of carbonyl (C=O) groups is 2. The van der Waals surface area contributed by atoms with E-state index in [9.17, 15) is 9.59 Å². The summed E-state index contributed by atoms with van der Waals surface area (Å²) in [6.07, 6.45) is 0. The van der Waals surface area contributed by atoms with E-state index in [1.54, 1.807) is 11.9 Å². The van der Waals surface area contributed by atoms with E-state index in [0.717, 1.165) is 5.56 Å². The van der Waals surface area contributed by atoms with E-state index < -0.39 is 0 Å². The lowest BCUT2D eigenvalue weighted by Gasteiger charge is -2.21. The third kappa shape index (κ3) is 5.52. The monoisotopic (exact) mass is 263 g/mol. The molecule has 0 aliphatic rings. The lowest BCUT2D eigenvalue weighted by Crippen LogP contribution is -2.42. The number of rotatable bonds is 7. The van der Waals surface area contributed by atoms with Crippen LogP contribution in [0.15, 0.2) is 30.3 Å². The molecule has 5 heteroatoms. The second-order valence-corrected chi connectivity index (χ2v) is 4.20. The molecule has 104 valence electrons. The van der Waals surface area contributed by atoms with Gasteiger partial charge in [0.15, 0.2) is 0 Å². The molecule has 0 atom stereocenters. The van der Waals surface area contributed by atoms with Crippen molar-refractivity contribution in [2.75, 3.05) is 26.7 Å². The van der Waals surface area contributed by atoms with Gasteiger partial charge in [-0.2, -0.15) is 0 Å². The zero-order chi connectivity index (χ0) is 14.1. The van der Waals surface area contributed by atoms with Crippen LogP contribution < -0.4 is 10.6 Å². The zero-order valence-electron chi connectivity index (χ0n) is 11.5. The third-order valence-electron chi connectivity index (χ3n) is 2.72. The first kappa shape index (κ1) is 15.2. The lowest BCUT2D eigenvalue weighted by molar-refractivity contribution is -0.133. The maximum atomic E-state index is 12.0. The molecule has 2 amide bonds. The fourth-order valence-corrected chi connectivity index (χ4v) is 1.69. The van der Waals surface area contributed by atoms with Crippen molar-refractivity contribution >= 4 is 11.8 Å². The van der Waals surface area contributed by atoms with Crippen molar-refractivity contribution in [2.45, 2.75) is 13.5 Å². The fraction of sp³-hybridized carbons (Fsp3) is 0.429. The minimum atomic E-state index is -0.174. The minimum Gasteiger partial charge on any atom is -0.346 e. The predicted octanol–water partition coefficient (Wildman–Crippen LogP) is 0.371. The van der Waals surface area contributed by atoms with Crippen LogP contribution in [0.2, 0.25) is 0 Å². The number of carbonyl (C=O) groups excluding carboxylic acids is 2. The molecule has 5 nitrogen and oxygen atoms in total. The summed E-state index contributed by atoms with van der Waals surface area (Å²) >= 11 is 0. The largest absolute Gasteiger partial charge is 0.346 e. The molecule has 0 aliphatic carbocycles. The SMILES string of the molecule is CCN(Cc1ccccc1)C(=O)CNC(=O)CNC. The first-order valence-corrected chi connectivity index (χ1v) is 6.40. The molecule has 0 saturated heterocycles. The summed E-state index contributed by atoms with van der Waals surface area (Å²) in [5.41, 5.74) is 1.08. The van der Waals surface area contributed by atoms with Crippen molar-refractivity contribution in [3.05, 3.63) is 35.9 Å². The standard InChI is InChI=1S/C14H21N3O2/c1-3-17(11-12-7-5-4-6-8-12)14(19)10-16-13(18)9-15-2/h4-8,15H,3,9-11H2,1-2H3,(H,16,18). The summed E-state index contributed by atoms with van der Waals surface area (Å²) in [5.74, 6) is -0.248. The number of likely N-dealkylation sites (N-methyl/N-ethyl adjacent to an activating group) is 2. The van der Waals surface area contributed by atoms with E-state index in [4.69, 9.17) is 0 Å². The number of nitrogens with one attached hydrogen (secondary N) is 2. The minimum absolute atomic E-state index is 0.0428. The molecule has 1 aromatic rings. The number of hydrogen-bond acceptors (Lipinski definition) is 3. The van der Waals surface area contributed by atoms with Crippen molar-refractivity contribution in [1.82, 2.24) is 15.5 Å². The molecule has 0 saturated carbocycles. The van der Waals surface area contributed by atoms with Crippen LogP contribution in [0, 0.1) is 0 Å². The van der Waals surface area contributed by atoms with Gasteiger partial charge in [0.05, 0.1) is 13.1 Å². The molecule has 0 aromatic heterocycles.